The number of H-pyrrole nitrogens is 1. The normalized spacial score (nSPS) is 10.9. The number of anilines is 1. The highest BCUT2D eigenvalue weighted by molar-refractivity contribution is 7.22. The number of methoxy groups -OCH3 is 1. The fraction of sp³-hybridized carbons (Fsp3) is 0.0952. The van der Waals surface area contributed by atoms with Crippen LogP contribution in [0.3, 0.4) is 0 Å². The summed E-state index contributed by atoms with van der Waals surface area (Å²) in [4.78, 5) is 32.3. The Morgan fingerprint density at radius 2 is 1.87 bits per heavy atom. The van der Waals surface area contributed by atoms with Crippen LogP contribution in [0, 0.1) is 6.92 Å². The number of thiazole rings is 1. The SMILES string of the molecule is COC(=O)c1cc(-c2ccccc2)c2nc(NC(=O)c3[nH]c(C)c(Cl)c3Cl)sc2c1. The zero-order valence-electron chi connectivity index (χ0n) is 15.9. The standard InChI is InChI=1S/C21H15Cl2N3O3S/c1-10-15(22)16(23)18(24-10)19(27)26-21-25-17-13(11-6-4-3-5-7-11)8-12(20(28)29-2)9-14(17)30-21/h3-9,24H,1-2H3,(H,25,26,27). The number of rotatable bonds is 4. The molecule has 0 saturated heterocycles. The molecular formula is C21H15Cl2N3O3S. The van der Waals surface area contributed by atoms with Gasteiger partial charge in [-0.25, -0.2) is 9.78 Å². The van der Waals surface area contributed by atoms with E-state index in [0.29, 0.717) is 26.9 Å². The molecule has 2 heterocycles. The molecule has 0 unspecified atom stereocenters. The van der Waals surface area contributed by atoms with Crippen molar-refractivity contribution in [2.45, 2.75) is 6.92 Å². The minimum atomic E-state index is -0.455. The lowest BCUT2D eigenvalue weighted by atomic mass is 10.0. The molecular weight excluding hydrogens is 445 g/mol. The quantitative estimate of drug-likeness (QED) is 0.369. The molecule has 0 atom stereocenters. The number of nitrogens with zero attached hydrogens (tertiary/aromatic N) is 1. The van der Waals surface area contributed by atoms with Gasteiger partial charge in [0.1, 0.15) is 5.69 Å². The van der Waals surface area contributed by atoms with E-state index in [2.05, 4.69) is 15.3 Å². The molecule has 9 heteroatoms. The second-order valence-corrected chi connectivity index (χ2v) is 8.24. The van der Waals surface area contributed by atoms with E-state index in [0.717, 1.165) is 15.8 Å². The third-order valence-electron chi connectivity index (χ3n) is 4.50. The van der Waals surface area contributed by atoms with Gasteiger partial charge in [0.05, 0.1) is 32.9 Å². The molecule has 1 amide bonds. The third kappa shape index (κ3) is 3.67. The van der Waals surface area contributed by atoms with Crippen LogP contribution in [0.2, 0.25) is 10.0 Å². The van der Waals surface area contributed by atoms with Crippen molar-refractivity contribution in [3.05, 3.63) is 69.5 Å². The molecule has 0 aliphatic heterocycles. The number of aryl methyl sites for hydroxylation is 1. The monoisotopic (exact) mass is 459 g/mol. The van der Waals surface area contributed by atoms with Crippen molar-refractivity contribution in [1.29, 1.82) is 0 Å². The molecule has 0 saturated carbocycles. The molecule has 2 aromatic heterocycles. The van der Waals surface area contributed by atoms with Crippen molar-refractivity contribution in [1.82, 2.24) is 9.97 Å². The van der Waals surface area contributed by atoms with Gasteiger partial charge >= 0.3 is 5.97 Å². The molecule has 6 nitrogen and oxygen atoms in total. The Balaban J connectivity index is 1.78. The zero-order chi connectivity index (χ0) is 21.4. The van der Waals surface area contributed by atoms with Crippen molar-refractivity contribution in [2.24, 2.45) is 0 Å². The fourth-order valence-corrected chi connectivity index (χ4v) is 4.39. The predicted octanol–water partition coefficient (Wildman–Crippen LogP) is 5.95. The van der Waals surface area contributed by atoms with Gasteiger partial charge in [-0.2, -0.15) is 0 Å². The summed E-state index contributed by atoms with van der Waals surface area (Å²) in [5.41, 5.74) is 3.50. The number of carbonyl (C=O) groups is 2. The average molecular weight is 460 g/mol. The number of benzene rings is 2. The van der Waals surface area contributed by atoms with Crippen LogP contribution in [-0.2, 0) is 4.74 Å². The molecule has 0 radical (unpaired) electrons. The van der Waals surface area contributed by atoms with E-state index in [1.165, 1.54) is 18.4 Å². The summed E-state index contributed by atoms with van der Waals surface area (Å²) in [6.07, 6.45) is 0. The van der Waals surface area contributed by atoms with Crippen LogP contribution in [-0.4, -0.2) is 29.0 Å². The zero-order valence-corrected chi connectivity index (χ0v) is 18.2. The van der Waals surface area contributed by atoms with Crippen molar-refractivity contribution in [2.75, 3.05) is 12.4 Å². The number of aromatic nitrogens is 2. The molecule has 30 heavy (non-hydrogen) atoms. The van der Waals surface area contributed by atoms with Crippen molar-refractivity contribution < 1.29 is 14.3 Å². The van der Waals surface area contributed by atoms with Gasteiger partial charge in [0, 0.05) is 11.3 Å². The van der Waals surface area contributed by atoms with Crippen LogP contribution in [0.15, 0.2) is 42.5 Å². The van der Waals surface area contributed by atoms with Crippen molar-refractivity contribution in [3.8, 4) is 11.1 Å². The highest BCUT2D eigenvalue weighted by Gasteiger charge is 2.21. The van der Waals surface area contributed by atoms with Gasteiger partial charge in [0.2, 0.25) is 0 Å². The summed E-state index contributed by atoms with van der Waals surface area (Å²) in [7, 11) is 1.33. The largest absolute Gasteiger partial charge is 0.465 e. The fourth-order valence-electron chi connectivity index (χ4n) is 3.04. The van der Waals surface area contributed by atoms with E-state index in [-0.39, 0.29) is 10.7 Å². The first-order valence-corrected chi connectivity index (χ1v) is 10.4. The molecule has 0 aliphatic carbocycles. The number of esters is 1. The molecule has 0 bridgehead atoms. The lowest BCUT2D eigenvalue weighted by molar-refractivity contribution is 0.0601. The van der Waals surface area contributed by atoms with Gasteiger partial charge in [-0.15, -0.1) is 0 Å². The number of halogens is 2. The number of hydrogen-bond acceptors (Lipinski definition) is 5. The maximum absolute atomic E-state index is 12.7. The summed E-state index contributed by atoms with van der Waals surface area (Å²) in [5, 5.41) is 3.58. The van der Waals surface area contributed by atoms with Crippen LogP contribution in [0.1, 0.15) is 26.5 Å². The number of nitrogens with one attached hydrogen (secondary N) is 2. The first-order valence-electron chi connectivity index (χ1n) is 8.82. The topological polar surface area (TPSA) is 84.1 Å². The number of fused-ring (bicyclic) bond motifs is 1. The van der Waals surface area contributed by atoms with Gasteiger partial charge in [-0.1, -0.05) is 64.9 Å². The van der Waals surface area contributed by atoms with Gasteiger partial charge in [-0.3, -0.25) is 10.1 Å². The number of carbonyl (C=O) groups excluding carboxylic acids is 2. The van der Waals surface area contributed by atoms with E-state index in [9.17, 15) is 9.59 Å². The highest BCUT2D eigenvalue weighted by atomic mass is 35.5. The molecule has 4 aromatic rings. The lowest BCUT2D eigenvalue weighted by Gasteiger charge is -2.06. The first-order chi connectivity index (χ1) is 14.4. The Hall–Kier alpha value is -2.87. The predicted molar refractivity (Wildman–Crippen MR) is 120 cm³/mol. The molecule has 0 spiro atoms. The van der Waals surface area contributed by atoms with Crippen LogP contribution in [0.25, 0.3) is 21.3 Å². The average Bonchev–Trinajstić information content (AvgIpc) is 3.28. The first kappa shape index (κ1) is 20.4. The van der Waals surface area contributed by atoms with Crippen LogP contribution in [0.4, 0.5) is 5.13 Å². The number of amides is 1. The van der Waals surface area contributed by atoms with Gasteiger partial charge in [0.15, 0.2) is 5.13 Å². The Labute approximate surface area is 185 Å². The Morgan fingerprint density at radius 3 is 2.50 bits per heavy atom. The Morgan fingerprint density at radius 1 is 1.13 bits per heavy atom. The molecule has 2 aromatic carbocycles. The second-order valence-electron chi connectivity index (χ2n) is 6.45. The highest BCUT2D eigenvalue weighted by Crippen LogP contribution is 2.36. The minimum Gasteiger partial charge on any atom is -0.465 e. The molecule has 4 rings (SSSR count). The summed E-state index contributed by atoms with van der Waals surface area (Å²) in [5.74, 6) is -0.903. The maximum atomic E-state index is 12.7. The number of ether oxygens (including phenoxy) is 1. The molecule has 2 N–H and O–H groups in total. The Kier molecular flexibility index (Phi) is 5.51. The van der Waals surface area contributed by atoms with E-state index in [4.69, 9.17) is 27.9 Å². The van der Waals surface area contributed by atoms with Crippen LogP contribution >= 0.6 is 34.5 Å². The van der Waals surface area contributed by atoms with Crippen molar-refractivity contribution in [3.63, 3.8) is 0 Å². The number of hydrogen-bond donors (Lipinski definition) is 2. The lowest BCUT2D eigenvalue weighted by Crippen LogP contribution is -2.12. The van der Waals surface area contributed by atoms with E-state index in [1.54, 1.807) is 19.1 Å². The number of aromatic amines is 1. The molecule has 152 valence electrons. The van der Waals surface area contributed by atoms with Crippen LogP contribution in [0.5, 0.6) is 0 Å². The summed E-state index contributed by atoms with van der Waals surface area (Å²) in [6, 6.07) is 13.0. The smallest absolute Gasteiger partial charge is 0.337 e. The van der Waals surface area contributed by atoms with E-state index in [1.807, 2.05) is 30.3 Å². The Bertz CT molecular complexity index is 1280. The van der Waals surface area contributed by atoms with Gasteiger partial charge in [-0.05, 0) is 24.6 Å². The molecule has 0 fully saturated rings. The van der Waals surface area contributed by atoms with E-state index >= 15 is 0 Å². The summed E-state index contributed by atoms with van der Waals surface area (Å²) >= 11 is 13.4. The second kappa shape index (κ2) is 8.10. The van der Waals surface area contributed by atoms with Gasteiger partial charge < -0.3 is 9.72 Å². The minimum absolute atomic E-state index is 0.158. The maximum Gasteiger partial charge on any atom is 0.337 e. The molecule has 0 aliphatic rings. The third-order valence-corrected chi connectivity index (χ3v) is 6.37. The summed E-state index contributed by atoms with van der Waals surface area (Å²) < 4.78 is 5.61. The van der Waals surface area contributed by atoms with E-state index < -0.39 is 11.9 Å². The van der Waals surface area contributed by atoms with Crippen molar-refractivity contribution >= 4 is 61.8 Å². The van der Waals surface area contributed by atoms with Gasteiger partial charge in [0.25, 0.3) is 5.91 Å². The summed E-state index contributed by atoms with van der Waals surface area (Å²) in [6.45, 7) is 1.73. The van der Waals surface area contributed by atoms with Crippen LogP contribution < -0.4 is 5.32 Å².